The summed E-state index contributed by atoms with van der Waals surface area (Å²) < 4.78 is 32.4. The van der Waals surface area contributed by atoms with Gasteiger partial charge in [0.25, 0.3) is 0 Å². The second kappa shape index (κ2) is 4.81. The van der Waals surface area contributed by atoms with E-state index in [9.17, 15) is 8.42 Å². The summed E-state index contributed by atoms with van der Waals surface area (Å²) in [5.41, 5.74) is 1.69. The van der Waals surface area contributed by atoms with E-state index in [1.165, 1.54) is 12.3 Å². The molecule has 4 N–H and O–H groups in total. The van der Waals surface area contributed by atoms with Crippen LogP contribution in [0.1, 0.15) is 13.3 Å². The summed E-state index contributed by atoms with van der Waals surface area (Å²) in [5, 5.41) is 0. The predicted molar refractivity (Wildman–Crippen MR) is 66.2 cm³/mol. The van der Waals surface area contributed by atoms with Crippen LogP contribution in [0.5, 0.6) is 0 Å². The summed E-state index contributed by atoms with van der Waals surface area (Å²) in [7, 11) is -3.68. The summed E-state index contributed by atoms with van der Waals surface area (Å²) in [4.78, 5) is 3.90. The van der Waals surface area contributed by atoms with Gasteiger partial charge in [0.05, 0.1) is 12.1 Å². The zero-order chi connectivity index (χ0) is 13.2. The lowest BCUT2D eigenvalue weighted by Crippen LogP contribution is -2.46. The molecule has 0 radical (unpaired) electrons. The number of hydrogen-bond acceptors (Lipinski definition) is 6. The number of aromatic nitrogens is 1. The van der Waals surface area contributed by atoms with E-state index in [0.717, 1.165) is 0 Å². The molecule has 0 bridgehead atoms. The molecule has 1 unspecified atom stereocenters. The molecular weight excluding hydrogens is 256 g/mol. The van der Waals surface area contributed by atoms with Gasteiger partial charge in [0.1, 0.15) is 4.90 Å². The number of rotatable bonds is 4. The van der Waals surface area contributed by atoms with Gasteiger partial charge in [-0.15, -0.1) is 0 Å². The third-order valence-corrected chi connectivity index (χ3v) is 4.47. The average Bonchev–Trinajstić information content (AvgIpc) is 2.74. The maximum absolute atomic E-state index is 12.3. The highest BCUT2D eigenvalue weighted by atomic mass is 32.2. The first-order chi connectivity index (χ1) is 8.47. The number of sulfonamides is 1. The number of anilines is 1. The van der Waals surface area contributed by atoms with Gasteiger partial charge in [0, 0.05) is 12.8 Å². The molecule has 0 aliphatic carbocycles. The zero-order valence-corrected chi connectivity index (χ0v) is 10.8. The molecule has 1 aromatic heterocycles. The standard InChI is InChI=1S/C10H16N4O3S/c1-10(4-6-17-7-10)14-18(15,16)8-3-2-5-12-9(8)13-11/h2-3,5,14H,4,6-7,11H2,1H3,(H,12,13). The normalized spacial score (nSPS) is 24.1. The largest absolute Gasteiger partial charge is 0.379 e. The number of nitrogens with zero attached hydrogens (tertiary/aromatic N) is 1. The number of ether oxygens (including phenoxy) is 1. The third kappa shape index (κ3) is 2.61. The molecule has 0 amide bonds. The summed E-state index contributed by atoms with van der Waals surface area (Å²) in [6.45, 7) is 2.72. The van der Waals surface area contributed by atoms with Crippen molar-refractivity contribution in [2.75, 3.05) is 18.6 Å². The Hall–Kier alpha value is -1.22. The van der Waals surface area contributed by atoms with Crippen LogP contribution < -0.4 is 16.0 Å². The van der Waals surface area contributed by atoms with Crippen molar-refractivity contribution in [3.63, 3.8) is 0 Å². The van der Waals surface area contributed by atoms with Crippen molar-refractivity contribution >= 4 is 15.8 Å². The Labute approximate surface area is 106 Å². The van der Waals surface area contributed by atoms with Gasteiger partial charge >= 0.3 is 0 Å². The Bertz CT molecular complexity index is 526. The molecule has 7 nitrogen and oxygen atoms in total. The fourth-order valence-electron chi connectivity index (χ4n) is 1.84. The maximum Gasteiger partial charge on any atom is 0.244 e. The van der Waals surface area contributed by atoms with Crippen LogP contribution in [0.15, 0.2) is 23.2 Å². The molecule has 18 heavy (non-hydrogen) atoms. The van der Waals surface area contributed by atoms with Crippen molar-refractivity contribution in [1.82, 2.24) is 9.71 Å². The van der Waals surface area contributed by atoms with Crippen LogP contribution in [0.4, 0.5) is 5.82 Å². The topological polar surface area (TPSA) is 106 Å². The number of nitrogens with two attached hydrogens (primary N) is 1. The number of pyridine rings is 1. The highest BCUT2D eigenvalue weighted by molar-refractivity contribution is 7.89. The van der Waals surface area contributed by atoms with Crippen LogP contribution in [-0.2, 0) is 14.8 Å². The summed E-state index contributed by atoms with van der Waals surface area (Å²) in [6, 6.07) is 2.99. The van der Waals surface area contributed by atoms with E-state index in [1.807, 2.05) is 6.92 Å². The Morgan fingerprint density at radius 3 is 2.94 bits per heavy atom. The Kier molecular flexibility index (Phi) is 3.53. The predicted octanol–water partition coefficient (Wildman–Crippen LogP) is -0.175. The molecule has 1 saturated heterocycles. The van der Waals surface area contributed by atoms with Crippen molar-refractivity contribution in [1.29, 1.82) is 0 Å². The second-order valence-electron chi connectivity index (χ2n) is 4.46. The lowest BCUT2D eigenvalue weighted by Gasteiger charge is -2.23. The van der Waals surface area contributed by atoms with Crippen molar-refractivity contribution in [3.05, 3.63) is 18.3 Å². The van der Waals surface area contributed by atoms with Crippen molar-refractivity contribution in [3.8, 4) is 0 Å². The average molecular weight is 272 g/mol. The minimum Gasteiger partial charge on any atom is -0.379 e. The first-order valence-electron chi connectivity index (χ1n) is 5.50. The lowest BCUT2D eigenvalue weighted by molar-refractivity contribution is 0.178. The van der Waals surface area contributed by atoms with Crippen LogP contribution in [0.25, 0.3) is 0 Å². The molecule has 1 fully saturated rings. The molecule has 2 heterocycles. The van der Waals surface area contributed by atoms with E-state index in [4.69, 9.17) is 10.6 Å². The Balaban J connectivity index is 2.30. The first-order valence-corrected chi connectivity index (χ1v) is 6.99. The van der Waals surface area contributed by atoms with Crippen LogP contribution >= 0.6 is 0 Å². The fourth-order valence-corrected chi connectivity index (χ4v) is 3.39. The number of hydrazine groups is 1. The van der Waals surface area contributed by atoms with Crippen LogP contribution in [0.2, 0.25) is 0 Å². The molecule has 8 heteroatoms. The molecule has 0 saturated carbocycles. The molecule has 1 atom stereocenters. The van der Waals surface area contributed by atoms with E-state index < -0.39 is 15.6 Å². The van der Waals surface area contributed by atoms with Crippen molar-refractivity contribution in [2.45, 2.75) is 23.8 Å². The number of nitrogen functional groups attached to an aromatic ring is 1. The van der Waals surface area contributed by atoms with Crippen LogP contribution in [0, 0.1) is 0 Å². The smallest absolute Gasteiger partial charge is 0.244 e. The van der Waals surface area contributed by atoms with Gasteiger partial charge in [0.2, 0.25) is 10.0 Å². The minimum absolute atomic E-state index is 0.0284. The molecular formula is C10H16N4O3S. The molecule has 1 aromatic rings. The van der Waals surface area contributed by atoms with Crippen LogP contribution in [-0.4, -0.2) is 32.2 Å². The molecule has 0 aromatic carbocycles. The van der Waals surface area contributed by atoms with Gasteiger partial charge in [0.15, 0.2) is 5.82 Å². The third-order valence-electron chi connectivity index (χ3n) is 2.80. The van der Waals surface area contributed by atoms with Gasteiger partial charge in [-0.05, 0) is 25.5 Å². The second-order valence-corrected chi connectivity index (χ2v) is 6.11. The molecule has 1 aliphatic heterocycles. The highest BCUT2D eigenvalue weighted by Crippen LogP contribution is 2.23. The highest BCUT2D eigenvalue weighted by Gasteiger charge is 2.35. The maximum atomic E-state index is 12.3. The molecule has 0 spiro atoms. The van der Waals surface area contributed by atoms with E-state index in [1.54, 1.807) is 6.07 Å². The van der Waals surface area contributed by atoms with Crippen molar-refractivity contribution < 1.29 is 13.2 Å². The van der Waals surface area contributed by atoms with Crippen LogP contribution in [0.3, 0.4) is 0 Å². The number of hydrogen-bond donors (Lipinski definition) is 3. The summed E-state index contributed by atoms with van der Waals surface area (Å²) in [6.07, 6.45) is 2.10. The Morgan fingerprint density at radius 1 is 1.56 bits per heavy atom. The van der Waals surface area contributed by atoms with Gasteiger partial charge in [-0.25, -0.2) is 24.0 Å². The van der Waals surface area contributed by atoms with E-state index in [2.05, 4.69) is 15.1 Å². The van der Waals surface area contributed by atoms with Gasteiger partial charge < -0.3 is 10.2 Å². The van der Waals surface area contributed by atoms with E-state index >= 15 is 0 Å². The molecule has 2 rings (SSSR count). The lowest BCUT2D eigenvalue weighted by atomic mass is 10.0. The molecule has 100 valence electrons. The van der Waals surface area contributed by atoms with Crippen molar-refractivity contribution in [2.24, 2.45) is 5.84 Å². The zero-order valence-electron chi connectivity index (χ0n) is 10.0. The quantitative estimate of drug-likeness (QED) is 0.519. The number of nitrogens with one attached hydrogen (secondary N) is 2. The minimum atomic E-state index is -3.68. The SMILES string of the molecule is CC1(NS(=O)(=O)c2cccnc2NN)CCOC1. The van der Waals surface area contributed by atoms with E-state index in [-0.39, 0.29) is 10.7 Å². The first kappa shape index (κ1) is 13.2. The summed E-state index contributed by atoms with van der Waals surface area (Å²) in [5.74, 6) is 5.38. The van der Waals surface area contributed by atoms with Gasteiger partial charge in [-0.3, -0.25) is 0 Å². The van der Waals surface area contributed by atoms with Gasteiger partial charge in [-0.1, -0.05) is 0 Å². The van der Waals surface area contributed by atoms with E-state index in [0.29, 0.717) is 19.6 Å². The van der Waals surface area contributed by atoms with Gasteiger partial charge in [-0.2, -0.15) is 0 Å². The Morgan fingerprint density at radius 2 is 2.33 bits per heavy atom. The monoisotopic (exact) mass is 272 g/mol. The fraction of sp³-hybridized carbons (Fsp3) is 0.500. The molecule has 1 aliphatic rings. The summed E-state index contributed by atoms with van der Waals surface area (Å²) >= 11 is 0.